The first kappa shape index (κ1) is 15.8. The van der Waals surface area contributed by atoms with E-state index in [1.165, 1.54) is 0 Å². The van der Waals surface area contributed by atoms with Crippen LogP contribution in [0.15, 0.2) is 35.7 Å². The van der Waals surface area contributed by atoms with Crippen LogP contribution in [0.5, 0.6) is 0 Å². The molecule has 1 aliphatic heterocycles. The quantitative estimate of drug-likeness (QED) is 0.931. The number of carbonyl (C=O) groups excluding carboxylic acids is 1. The maximum atomic E-state index is 12.8. The molecule has 1 spiro atoms. The molecule has 24 heavy (non-hydrogen) atoms. The number of benzene rings is 1. The van der Waals surface area contributed by atoms with Crippen LogP contribution in [-0.4, -0.2) is 39.1 Å². The Kier molecular flexibility index (Phi) is 4.14. The standard InChI is InChI=1S/C19H22N2O2S/c22-16-8-11-21(19(16)9-4-5-10-19)17(23)12-15-13-24-18(20-15)14-6-2-1-3-7-14/h1-3,6-7,13,16,22H,4-5,8-12H2/t16-/m0/s1. The second-order valence-electron chi connectivity index (χ2n) is 6.85. The fourth-order valence-corrected chi connectivity index (χ4v) is 5.06. The lowest BCUT2D eigenvalue weighted by Gasteiger charge is -2.37. The molecule has 2 aromatic rings. The van der Waals surface area contributed by atoms with E-state index in [2.05, 4.69) is 4.98 Å². The Morgan fingerprint density at radius 3 is 2.79 bits per heavy atom. The van der Waals surface area contributed by atoms with E-state index < -0.39 is 0 Å². The molecule has 1 atom stereocenters. The molecule has 2 heterocycles. The van der Waals surface area contributed by atoms with Crippen LogP contribution in [0.3, 0.4) is 0 Å². The van der Waals surface area contributed by atoms with Crippen LogP contribution < -0.4 is 0 Å². The van der Waals surface area contributed by atoms with Crippen molar-refractivity contribution in [2.24, 2.45) is 0 Å². The van der Waals surface area contributed by atoms with Gasteiger partial charge in [-0.3, -0.25) is 4.79 Å². The lowest BCUT2D eigenvalue weighted by Crippen LogP contribution is -2.51. The molecule has 2 fully saturated rings. The van der Waals surface area contributed by atoms with Gasteiger partial charge in [-0.15, -0.1) is 11.3 Å². The first-order valence-corrected chi connectivity index (χ1v) is 9.55. The van der Waals surface area contributed by atoms with Gasteiger partial charge in [-0.25, -0.2) is 4.98 Å². The molecule has 5 heteroatoms. The van der Waals surface area contributed by atoms with Crippen LogP contribution in [0.4, 0.5) is 0 Å². The van der Waals surface area contributed by atoms with Crippen molar-refractivity contribution in [2.45, 2.75) is 50.2 Å². The minimum absolute atomic E-state index is 0.110. The van der Waals surface area contributed by atoms with E-state index in [1.54, 1.807) is 11.3 Å². The Bertz CT molecular complexity index is 722. The van der Waals surface area contributed by atoms with Gasteiger partial charge in [0, 0.05) is 17.5 Å². The van der Waals surface area contributed by atoms with E-state index >= 15 is 0 Å². The average Bonchev–Trinajstić information content (AvgIpc) is 3.32. The molecule has 1 saturated carbocycles. The SMILES string of the molecule is O=C(Cc1csc(-c2ccccc2)n1)N1CC[C@H](O)C12CCCC2. The molecule has 0 unspecified atom stereocenters. The zero-order valence-corrected chi connectivity index (χ0v) is 14.5. The largest absolute Gasteiger partial charge is 0.391 e. The van der Waals surface area contributed by atoms with Gasteiger partial charge in [0.05, 0.1) is 23.8 Å². The van der Waals surface area contributed by atoms with Crippen LogP contribution >= 0.6 is 11.3 Å². The molecule has 4 nitrogen and oxygen atoms in total. The van der Waals surface area contributed by atoms with Crippen LogP contribution in [0, 0.1) is 0 Å². The molecule has 126 valence electrons. The second-order valence-corrected chi connectivity index (χ2v) is 7.71. The highest BCUT2D eigenvalue weighted by atomic mass is 32.1. The maximum absolute atomic E-state index is 12.8. The summed E-state index contributed by atoms with van der Waals surface area (Å²) in [7, 11) is 0. The molecule has 1 aromatic carbocycles. The lowest BCUT2D eigenvalue weighted by atomic mass is 9.91. The number of aromatic nitrogens is 1. The van der Waals surface area contributed by atoms with Crippen molar-refractivity contribution in [3.63, 3.8) is 0 Å². The third kappa shape index (κ3) is 2.66. The molecule has 2 aliphatic rings. The Morgan fingerprint density at radius 2 is 2.04 bits per heavy atom. The molecule has 1 amide bonds. The zero-order valence-electron chi connectivity index (χ0n) is 13.6. The molecule has 0 radical (unpaired) electrons. The second kappa shape index (κ2) is 6.30. The van der Waals surface area contributed by atoms with Crippen LogP contribution in [0.25, 0.3) is 10.6 Å². The molecular formula is C19H22N2O2S. The number of hydrogen-bond acceptors (Lipinski definition) is 4. The van der Waals surface area contributed by atoms with E-state index in [-0.39, 0.29) is 17.6 Å². The fourth-order valence-electron chi connectivity index (χ4n) is 4.24. The van der Waals surface area contributed by atoms with Crippen LogP contribution in [0.2, 0.25) is 0 Å². The number of carbonyl (C=O) groups is 1. The summed E-state index contributed by atoms with van der Waals surface area (Å²) in [4.78, 5) is 19.4. The Labute approximate surface area is 146 Å². The van der Waals surface area contributed by atoms with Crippen LogP contribution in [0.1, 0.15) is 37.8 Å². The number of nitrogens with zero attached hydrogens (tertiary/aromatic N) is 2. The molecular weight excluding hydrogens is 320 g/mol. The van der Waals surface area contributed by atoms with Crippen molar-refractivity contribution >= 4 is 17.2 Å². The molecule has 1 aliphatic carbocycles. The van der Waals surface area contributed by atoms with Crippen molar-refractivity contribution in [1.29, 1.82) is 0 Å². The smallest absolute Gasteiger partial charge is 0.229 e. The van der Waals surface area contributed by atoms with E-state index in [1.807, 2.05) is 40.6 Å². The van der Waals surface area contributed by atoms with Gasteiger partial charge < -0.3 is 10.0 Å². The first-order valence-electron chi connectivity index (χ1n) is 8.67. The van der Waals surface area contributed by atoms with Crippen molar-refractivity contribution in [2.75, 3.05) is 6.54 Å². The number of hydrogen-bond donors (Lipinski definition) is 1. The van der Waals surface area contributed by atoms with Gasteiger partial charge in [-0.1, -0.05) is 43.2 Å². The molecule has 4 rings (SSSR count). The number of aliphatic hydroxyl groups is 1. The molecule has 1 aromatic heterocycles. The normalized spacial score (nSPS) is 22.4. The van der Waals surface area contributed by atoms with Crippen molar-refractivity contribution in [3.8, 4) is 10.6 Å². The minimum atomic E-state index is -0.362. The Balaban J connectivity index is 1.50. The number of rotatable bonds is 3. The highest BCUT2D eigenvalue weighted by Gasteiger charge is 2.51. The fraction of sp³-hybridized carbons (Fsp3) is 0.474. The Morgan fingerprint density at radius 1 is 1.29 bits per heavy atom. The number of aliphatic hydroxyl groups excluding tert-OH is 1. The minimum Gasteiger partial charge on any atom is -0.391 e. The number of likely N-dealkylation sites (tertiary alicyclic amines) is 1. The van der Waals surface area contributed by atoms with Gasteiger partial charge >= 0.3 is 0 Å². The molecule has 1 N–H and O–H groups in total. The van der Waals surface area contributed by atoms with Gasteiger partial charge in [0.25, 0.3) is 0 Å². The number of amides is 1. The topological polar surface area (TPSA) is 53.4 Å². The lowest BCUT2D eigenvalue weighted by molar-refractivity contribution is -0.136. The maximum Gasteiger partial charge on any atom is 0.229 e. The summed E-state index contributed by atoms with van der Waals surface area (Å²) in [6.45, 7) is 0.676. The summed E-state index contributed by atoms with van der Waals surface area (Å²) >= 11 is 1.58. The predicted molar refractivity (Wildman–Crippen MR) is 94.8 cm³/mol. The Hall–Kier alpha value is -1.72. The predicted octanol–water partition coefficient (Wildman–Crippen LogP) is 3.26. The summed E-state index contributed by atoms with van der Waals surface area (Å²) in [6, 6.07) is 10.1. The molecule has 0 bridgehead atoms. The van der Waals surface area contributed by atoms with E-state index in [9.17, 15) is 9.90 Å². The first-order chi connectivity index (χ1) is 11.7. The van der Waals surface area contributed by atoms with Crippen molar-refractivity contribution < 1.29 is 9.90 Å². The van der Waals surface area contributed by atoms with Gasteiger partial charge in [0.2, 0.25) is 5.91 Å². The zero-order chi connectivity index (χ0) is 16.6. The van der Waals surface area contributed by atoms with Gasteiger partial charge in [-0.2, -0.15) is 0 Å². The highest BCUT2D eigenvalue weighted by molar-refractivity contribution is 7.13. The van der Waals surface area contributed by atoms with Gasteiger partial charge in [0.15, 0.2) is 0 Å². The molecule has 1 saturated heterocycles. The monoisotopic (exact) mass is 342 g/mol. The summed E-state index contributed by atoms with van der Waals surface area (Å²) < 4.78 is 0. The summed E-state index contributed by atoms with van der Waals surface area (Å²) in [6.07, 6.45) is 4.76. The highest BCUT2D eigenvalue weighted by Crippen LogP contribution is 2.43. The van der Waals surface area contributed by atoms with E-state index in [0.29, 0.717) is 19.4 Å². The van der Waals surface area contributed by atoms with Gasteiger partial charge in [-0.05, 0) is 19.3 Å². The van der Waals surface area contributed by atoms with Crippen molar-refractivity contribution in [1.82, 2.24) is 9.88 Å². The summed E-state index contributed by atoms with van der Waals surface area (Å²) in [5, 5.41) is 13.3. The van der Waals surface area contributed by atoms with Crippen LogP contribution in [-0.2, 0) is 11.2 Å². The van der Waals surface area contributed by atoms with Gasteiger partial charge in [0.1, 0.15) is 5.01 Å². The van der Waals surface area contributed by atoms with E-state index in [0.717, 1.165) is 41.9 Å². The average molecular weight is 342 g/mol. The number of thiazole rings is 1. The third-order valence-electron chi connectivity index (χ3n) is 5.46. The van der Waals surface area contributed by atoms with Crippen molar-refractivity contribution in [3.05, 3.63) is 41.4 Å². The summed E-state index contributed by atoms with van der Waals surface area (Å²) in [5.41, 5.74) is 1.62. The van der Waals surface area contributed by atoms with E-state index in [4.69, 9.17) is 0 Å². The third-order valence-corrected chi connectivity index (χ3v) is 6.40. The summed E-state index contributed by atoms with van der Waals surface area (Å²) in [5.74, 6) is 0.110.